The lowest BCUT2D eigenvalue weighted by Crippen LogP contribution is -2.46. The highest BCUT2D eigenvalue weighted by Gasteiger charge is 2.34. The average Bonchev–Trinajstić information content (AvgIpc) is 3.27. The summed E-state index contributed by atoms with van der Waals surface area (Å²) in [6, 6.07) is 15.2. The van der Waals surface area contributed by atoms with Crippen molar-refractivity contribution in [3.05, 3.63) is 54.0 Å². The molecule has 3 nitrogen and oxygen atoms in total. The predicted octanol–water partition coefficient (Wildman–Crippen LogP) is 4.66. The molecule has 1 saturated heterocycles. The van der Waals surface area contributed by atoms with Crippen molar-refractivity contribution in [3.8, 4) is 0 Å². The molecule has 1 aliphatic heterocycles. The highest BCUT2D eigenvalue weighted by molar-refractivity contribution is 6.91. The Labute approximate surface area is 152 Å². The number of rotatable bonds is 8. The van der Waals surface area contributed by atoms with Crippen LogP contribution in [0.15, 0.2) is 46.9 Å². The second-order valence-corrected chi connectivity index (χ2v) is 12.4. The Balaban J connectivity index is 1.70. The van der Waals surface area contributed by atoms with E-state index in [-0.39, 0.29) is 6.29 Å². The van der Waals surface area contributed by atoms with Gasteiger partial charge in [0.25, 0.3) is 0 Å². The van der Waals surface area contributed by atoms with Crippen molar-refractivity contribution in [2.45, 2.75) is 57.5 Å². The lowest BCUT2D eigenvalue weighted by atomic mass is 10.1. The maximum Gasteiger partial charge on any atom is 0.157 e. The summed E-state index contributed by atoms with van der Waals surface area (Å²) in [4.78, 5) is 0. The van der Waals surface area contributed by atoms with E-state index in [1.54, 1.807) is 0 Å². The summed E-state index contributed by atoms with van der Waals surface area (Å²) in [6.07, 6.45) is 4.31. The van der Waals surface area contributed by atoms with Gasteiger partial charge in [-0.2, -0.15) is 0 Å². The second kappa shape index (κ2) is 8.34. The van der Waals surface area contributed by atoms with Crippen LogP contribution < -0.4 is 5.19 Å². The lowest BCUT2D eigenvalue weighted by molar-refractivity contribution is -0.0480. The summed E-state index contributed by atoms with van der Waals surface area (Å²) in [5, 5.41) is 1.53. The normalized spacial score (nSPS) is 17.1. The fraction of sp³-hybridized carbons (Fsp3) is 0.524. The highest BCUT2D eigenvalue weighted by Crippen LogP contribution is 2.33. The van der Waals surface area contributed by atoms with E-state index in [2.05, 4.69) is 55.6 Å². The molecule has 0 spiro atoms. The molecule has 1 aromatic heterocycles. The van der Waals surface area contributed by atoms with Gasteiger partial charge >= 0.3 is 0 Å². The van der Waals surface area contributed by atoms with E-state index in [0.717, 1.165) is 50.4 Å². The quantitative estimate of drug-likeness (QED) is 0.643. The minimum Gasteiger partial charge on any atom is -0.466 e. The maximum absolute atomic E-state index is 5.80. The number of hydrogen-bond donors (Lipinski definition) is 0. The summed E-state index contributed by atoms with van der Waals surface area (Å²) in [5.41, 5.74) is 0.674. The molecule has 0 N–H and O–H groups in total. The molecule has 0 saturated carbocycles. The largest absolute Gasteiger partial charge is 0.466 e. The van der Waals surface area contributed by atoms with E-state index in [0.29, 0.717) is 5.54 Å². The van der Waals surface area contributed by atoms with Crippen LogP contribution in [0.5, 0.6) is 0 Å². The van der Waals surface area contributed by atoms with Crippen molar-refractivity contribution in [1.82, 2.24) is 0 Å². The van der Waals surface area contributed by atoms with Gasteiger partial charge in [0.2, 0.25) is 0 Å². The summed E-state index contributed by atoms with van der Waals surface area (Å²) in [6.45, 7) is 8.48. The van der Waals surface area contributed by atoms with E-state index in [9.17, 15) is 0 Å². The van der Waals surface area contributed by atoms with Crippen LogP contribution in [0.4, 0.5) is 0 Å². The van der Waals surface area contributed by atoms with Crippen LogP contribution in [0.1, 0.15) is 30.8 Å². The van der Waals surface area contributed by atoms with Crippen molar-refractivity contribution in [3.63, 3.8) is 0 Å². The van der Waals surface area contributed by atoms with Gasteiger partial charge in [0.05, 0.1) is 21.3 Å². The van der Waals surface area contributed by atoms with Gasteiger partial charge in [-0.3, -0.25) is 0 Å². The van der Waals surface area contributed by atoms with Crippen molar-refractivity contribution in [1.29, 1.82) is 0 Å². The van der Waals surface area contributed by atoms with Crippen LogP contribution in [0.3, 0.4) is 0 Å². The number of furan rings is 1. The standard InChI is InChI=1S/C21H30O3Si/c1-17-9-10-18(24-17)11-12-20(13-14-21-22-15-16-23-21)25(2,3)19-7-5-4-6-8-19/h4-10,20-21H,11-16H2,1-3H3/t20-/m1/s1. The first kappa shape index (κ1) is 18.4. The smallest absolute Gasteiger partial charge is 0.157 e. The molecular formula is C21H30O3Si. The van der Waals surface area contributed by atoms with E-state index >= 15 is 0 Å². The first-order valence-corrected chi connectivity index (χ1v) is 12.5. The highest BCUT2D eigenvalue weighted by atomic mass is 28.3. The molecule has 2 aromatic rings. The Hall–Kier alpha value is -1.36. The van der Waals surface area contributed by atoms with E-state index in [1.807, 2.05) is 6.92 Å². The van der Waals surface area contributed by atoms with Crippen LogP contribution in [0.25, 0.3) is 0 Å². The monoisotopic (exact) mass is 358 g/mol. The summed E-state index contributed by atoms with van der Waals surface area (Å²) in [5.74, 6) is 2.10. The van der Waals surface area contributed by atoms with Gasteiger partial charge in [-0.25, -0.2) is 0 Å². The maximum atomic E-state index is 5.80. The van der Waals surface area contributed by atoms with Crippen LogP contribution in [-0.4, -0.2) is 27.6 Å². The Morgan fingerprint density at radius 3 is 2.36 bits per heavy atom. The van der Waals surface area contributed by atoms with Crippen molar-refractivity contribution >= 4 is 13.3 Å². The van der Waals surface area contributed by atoms with Crippen LogP contribution in [-0.2, 0) is 15.9 Å². The third kappa shape index (κ3) is 4.84. The van der Waals surface area contributed by atoms with Gasteiger partial charge < -0.3 is 13.9 Å². The molecule has 136 valence electrons. The molecule has 1 aliphatic rings. The van der Waals surface area contributed by atoms with Crippen molar-refractivity contribution in [2.24, 2.45) is 0 Å². The first-order chi connectivity index (χ1) is 12.1. The van der Waals surface area contributed by atoms with Crippen LogP contribution >= 0.6 is 0 Å². The average molecular weight is 359 g/mol. The molecule has 0 aliphatic carbocycles. The van der Waals surface area contributed by atoms with Gasteiger partial charge in [0.15, 0.2) is 6.29 Å². The Morgan fingerprint density at radius 1 is 1.00 bits per heavy atom. The summed E-state index contributed by atoms with van der Waals surface area (Å²) < 4.78 is 17.1. The van der Waals surface area contributed by atoms with E-state index in [1.165, 1.54) is 5.19 Å². The number of ether oxygens (including phenoxy) is 2. The van der Waals surface area contributed by atoms with Crippen LogP contribution in [0, 0.1) is 6.92 Å². The van der Waals surface area contributed by atoms with Gasteiger partial charge in [-0.1, -0.05) is 48.6 Å². The van der Waals surface area contributed by atoms with Gasteiger partial charge in [-0.05, 0) is 43.9 Å². The Kier molecular flexibility index (Phi) is 6.15. The minimum atomic E-state index is -1.58. The van der Waals surface area contributed by atoms with Crippen molar-refractivity contribution < 1.29 is 13.9 Å². The fourth-order valence-corrected chi connectivity index (χ4v) is 7.09. The summed E-state index contributed by atoms with van der Waals surface area (Å²) >= 11 is 0. The molecular weight excluding hydrogens is 328 g/mol. The number of hydrogen-bond acceptors (Lipinski definition) is 3. The summed E-state index contributed by atoms with van der Waals surface area (Å²) in [7, 11) is -1.58. The van der Waals surface area contributed by atoms with Gasteiger partial charge in [0.1, 0.15) is 11.5 Å². The molecule has 1 aromatic carbocycles. The molecule has 3 rings (SSSR count). The van der Waals surface area contributed by atoms with Crippen molar-refractivity contribution in [2.75, 3.05) is 13.2 Å². The zero-order valence-electron chi connectivity index (χ0n) is 15.7. The molecule has 0 amide bonds. The zero-order valence-corrected chi connectivity index (χ0v) is 16.7. The zero-order chi connectivity index (χ0) is 17.7. The Morgan fingerprint density at radius 2 is 1.72 bits per heavy atom. The Bertz CT molecular complexity index is 644. The lowest BCUT2D eigenvalue weighted by Gasteiger charge is -2.33. The molecule has 0 unspecified atom stereocenters. The molecule has 25 heavy (non-hydrogen) atoms. The van der Waals surface area contributed by atoms with E-state index in [4.69, 9.17) is 13.9 Å². The number of benzene rings is 1. The molecule has 2 heterocycles. The third-order valence-electron chi connectivity index (χ3n) is 5.52. The predicted molar refractivity (Wildman–Crippen MR) is 104 cm³/mol. The molecule has 1 fully saturated rings. The molecule has 0 radical (unpaired) electrons. The fourth-order valence-electron chi connectivity index (χ4n) is 3.82. The second-order valence-electron chi connectivity index (χ2n) is 7.58. The topological polar surface area (TPSA) is 31.6 Å². The molecule has 4 heteroatoms. The third-order valence-corrected chi connectivity index (χ3v) is 9.96. The molecule has 1 atom stereocenters. The van der Waals surface area contributed by atoms with E-state index < -0.39 is 8.07 Å². The first-order valence-electron chi connectivity index (χ1n) is 9.40. The molecule has 0 bridgehead atoms. The van der Waals surface area contributed by atoms with Gasteiger partial charge in [0, 0.05) is 6.42 Å². The van der Waals surface area contributed by atoms with Crippen LogP contribution in [0.2, 0.25) is 18.6 Å². The SMILES string of the molecule is Cc1ccc(CC[C@H](CCC2OCCO2)[Si](C)(C)c2ccccc2)o1. The number of aryl methyl sites for hydroxylation is 2. The minimum absolute atomic E-state index is 0.00562. The van der Waals surface area contributed by atoms with Gasteiger partial charge in [-0.15, -0.1) is 0 Å².